The number of ether oxygens (including phenoxy) is 1. The minimum absolute atomic E-state index is 0.199. The number of urea groups is 1. The molecule has 0 unspecified atom stereocenters. The van der Waals surface area contributed by atoms with Crippen molar-refractivity contribution in [2.75, 3.05) is 5.32 Å². The summed E-state index contributed by atoms with van der Waals surface area (Å²) in [6, 6.07) is 17.3. The lowest BCUT2D eigenvalue weighted by Crippen LogP contribution is -2.22. The number of imidazole rings is 1. The Morgan fingerprint density at radius 2 is 1.73 bits per heavy atom. The lowest BCUT2D eigenvalue weighted by atomic mass is 10.1. The van der Waals surface area contributed by atoms with Gasteiger partial charge >= 0.3 is 12.4 Å². The van der Waals surface area contributed by atoms with E-state index in [4.69, 9.17) is 34.8 Å². The number of amides is 2. The molecule has 4 aromatic carbocycles. The summed E-state index contributed by atoms with van der Waals surface area (Å²) in [6.45, 7) is 0. The minimum atomic E-state index is -4.75. The Bertz CT molecular complexity index is 1740. The van der Waals surface area contributed by atoms with Gasteiger partial charge in [0.05, 0.1) is 38.9 Å². The third-order valence-electron chi connectivity index (χ3n) is 5.54. The van der Waals surface area contributed by atoms with Crippen LogP contribution in [0.1, 0.15) is 5.56 Å². The minimum Gasteiger partial charge on any atom is -0.406 e. The van der Waals surface area contributed by atoms with E-state index in [0.29, 0.717) is 10.7 Å². The molecule has 0 bridgehead atoms. The van der Waals surface area contributed by atoms with E-state index in [-0.39, 0.29) is 21.5 Å². The number of rotatable bonds is 6. The van der Waals surface area contributed by atoms with Crippen molar-refractivity contribution < 1.29 is 22.7 Å². The van der Waals surface area contributed by atoms with Gasteiger partial charge in [-0.2, -0.15) is 0 Å². The molecule has 1 heterocycles. The Morgan fingerprint density at radius 3 is 2.42 bits per heavy atom. The number of anilines is 1. The van der Waals surface area contributed by atoms with Gasteiger partial charge in [-0.15, -0.1) is 13.2 Å². The first kappa shape index (κ1) is 27.9. The van der Waals surface area contributed by atoms with Crippen molar-refractivity contribution in [3.8, 4) is 11.4 Å². The maximum atomic E-state index is 12.4. The van der Waals surface area contributed by atoms with Crippen LogP contribution in [0.2, 0.25) is 15.1 Å². The number of benzene rings is 4. The monoisotopic (exact) mass is 623 g/mol. The van der Waals surface area contributed by atoms with Crippen molar-refractivity contribution in [1.29, 1.82) is 0 Å². The normalized spacial score (nSPS) is 11.8. The van der Waals surface area contributed by atoms with Crippen molar-refractivity contribution in [1.82, 2.24) is 14.3 Å². The molecular formula is C26H15Cl3F3N5O2S. The van der Waals surface area contributed by atoms with Crippen LogP contribution in [0.3, 0.4) is 0 Å². The average Bonchev–Trinajstić information content (AvgIpc) is 3.33. The van der Waals surface area contributed by atoms with Crippen LogP contribution in [0.25, 0.3) is 27.5 Å². The first-order valence-corrected chi connectivity index (χ1v) is 13.1. The molecule has 7 nitrogen and oxygen atoms in total. The summed E-state index contributed by atoms with van der Waals surface area (Å²) in [5.41, 5.74) is 3.15. The summed E-state index contributed by atoms with van der Waals surface area (Å²) < 4.78 is 49.7. The summed E-state index contributed by atoms with van der Waals surface area (Å²) in [4.78, 5) is 16.7. The number of nitrogens with zero attached hydrogens (tertiary/aromatic N) is 3. The molecule has 40 heavy (non-hydrogen) atoms. The van der Waals surface area contributed by atoms with Crippen LogP contribution in [-0.4, -0.2) is 28.2 Å². The smallest absolute Gasteiger partial charge is 0.406 e. The van der Waals surface area contributed by atoms with Gasteiger partial charge in [0.1, 0.15) is 12.1 Å². The van der Waals surface area contributed by atoms with Gasteiger partial charge in [0, 0.05) is 22.3 Å². The summed E-state index contributed by atoms with van der Waals surface area (Å²) >= 11 is 18.8. The number of halogens is 6. The molecule has 0 saturated heterocycles. The zero-order valence-electron chi connectivity index (χ0n) is 19.8. The molecule has 5 aromatic rings. The van der Waals surface area contributed by atoms with Crippen molar-refractivity contribution in [3.63, 3.8) is 0 Å². The standard InChI is InChI=1S/C26H15Cl3F3N5O2S/c27-16-10-20(28)24(21(29)11-16)35-25(38)36-40-34-12-14-1-7-19-15(9-14)2-8-22-23(19)33-13-37(22)17-3-5-18(6-4-17)39-26(30,31)32/h1-13H,(H2,35,36,38). The van der Waals surface area contributed by atoms with Crippen LogP contribution in [-0.2, 0) is 0 Å². The van der Waals surface area contributed by atoms with E-state index in [1.165, 1.54) is 36.4 Å². The lowest BCUT2D eigenvalue weighted by Gasteiger charge is -2.10. The molecule has 0 fully saturated rings. The molecule has 0 aliphatic rings. The van der Waals surface area contributed by atoms with Crippen LogP contribution in [0.4, 0.5) is 23.7 Å². The number of nitrogens with one attached hydrogen (secondary N) is 2. The predicted octanol–water partition coefficient (Wildman–Crippen LogP) is 8.84. The Hall–Kier alpha value is -3.64. The zero-order chi connectivity index (χ0) is 28.4. The number of carbonyl (C=O) groups excluding carboxylic acids is 1. The van der Waals surface area contributed by atoms with E-state index in [1.807, 2.05) is 30.3 Å². The van der Waals surface area contributed by atoms with Gasteiger partial charge in [0.25, 0.3) is 0 Å². The highest BCUT2D eigenvalue weighted by Gasteiger charge is 2.31. The van der Waals surface area contributed by atoms with Gasteiger partial charge in [-0.1, -0.05) is 53.0 Å². The highest BCUT2D eigenvalue weighted by molar-refractivity contribution is 7.96. The second-order valence-corrected chi connectivity index (χ2v) is 10.0. The number of carbonyl (C=O) groups is 1. The lowest BCUT2D eigenvalue weighted by molar-refractivity contribution is -0.274. The Balaban J connectivity index is 1.26. The number of aromatic nitrogens is 2. The number of hydrogen-bond donors (Lipinski definition) is 2. The Kier molecular flexibility index (Phi) is 7.99. The summed E-state index contributed by atoms with van der Waals surface area (Å²) in [6.07, 6.45) is -1.56. The third kappa shape index (κ3) is 6.39. The van der Waals surface area contributed by atoms with E-state index in [2.05, 4.69) is 24.2 Å². The molecule has 0 radical (unpaired) electrons. The molecule has 0 saturated carbocycles. The second kappa shape index (κ2) is 11.5. The largest absolute Gasteiger partial charge is 0.573 e. The Morgan fingerprint density at radius 1 is 1.00 bits per heavy atom. The fourth-order valence-corrected chi connectivity index (χ4v) is 5.15. The maximum absolute atomic E-state index is 12.4. The van der Waals surface area contributed by atoms with Gasteiger partial charge in [0.2, 0.25) is 0 Å². The fraction of sp³-hybridized carbons (Fsp3) is 0.0385. The fourth-order valence-electron chi connectivity index (χ4n) is 3.88. The van der Waals surface area contributed by atoms with Gasteiger partial charge < -0.3 is 10.1 Å². The molecule has 1 aromatic heterocycles. The van der Waals surface area contributed by atoms with Gasteiger partial charge in [-0.25, -0.2) is 14.2 Å². The van der Waals surface area contributed by atoms with E-state index >= 15 is 0 Å². The molecule has 0 aliphatic heterocycles. The quantitative estimate of drug-likeness (QED) is 0.146. The molecule has 0 aliphatic carbocycles. The van der Waals surface area contributed by atoms with Crippen LogP contribution < -0.4 is 14.8 Å². The zero-order valence-corrected chi connectivity index (χ0v) is 22.9. The first-order valence-electron chi connectivity index (χ1n) is 11.2. The van der Waals surface area contributed by atoms with E-state index in [9.17, 15) is 18.0 Å². The summed E-state index contributed by atoms with van der Waals surface area (Å²) in [5.74, 6) is -0.301. The molecular weight excluding hydrogens is 610 g/mol. The summed E-state index contributed by atoms with van der Waals surface area (Å²) in [5, 5.41) is 5.07. The maximum Gasteiger partial charge on any atom is 0.573 e. The van der Waals surface area contributed by atoms with Crippen LogP contribution in [0.5, 0.6) is 5.75 Å². The number of hydrogen-bond acceptors (Lipinski definition) is 5. The van der Waals surface area contributed by atoms with E-state index in [0.717, 1.165) is 39.5 Å². The van der Waals surface area contributed by atoms with Gasteiger partial charge in [-0.3, -0.25) is 9.29 Å². The SMILES string of the molecule is O=C(NSN=Cc1ccc2c(ccc3c2ncn3-c2ccc(OC(F)(F)F)cc2)c1)Nc1c(Cl)cc(Cl)cc1Cl. The topological polar surface area (TPSA) is 80.5 Å². The average molecular weight is 625 g/mol. The van der Waals surface area contributed by atoms with E-state index in [1.54, 1.807) is 17.1 Å². The molecule has 2 N–H and O–H groups in total. The molecule has 204 valence electrons. The Labute approximate surface area is 244 Å². The second-order valence-electron chi connectivity index (χ2n) is 8.20. The van der Waals surface area contributed by atoms with Crippen LogP contribution in [0.15, 0.2) is 77.5 Å². The molecule has 0 spiro atoms. The molecule has 5 rings (SSSR count). The molecule has 0 atom stereocenters. The van der Waals surface area contributed by atoms with Gasteiger partial charge in [0.15, 0.2) is 0 Å². The van der Waals surface area contributed by atoms with Crippen molar-refractivity contribution in [2.24, 2.45) is 4.40 Å². The predicted molar refractivity (Wildman–Crippen MR) is 154 cm³/mol. The van der Waals surface area contributed by atoms with Crippen molar-refractivity contribution in [2.45, 2.75) is 6.36 Å². The van der Waals surface area contributed by atoms with Crippen molar-refractivity contribution in [3.05, 3.63) is 93.7 Å². The van der Waals surface area contributed by atoms with E-state index < -0.39 is 12.4 Å². The van der Waals surface area contributed by atoms with Crippen molar-refractivity contribution >= 4 is 86.7 Å². The van der Waals surface area contributed by atoms with Gasteiger partial charge in [-0.05, 0) is 59.5 Å². The molecule has 14 heteroatoms. The first-order chi connectivity index (χ1) is 19.1. The van der Waals surface area contributed by atoms with Crippen LogP contribution >= 0.6 is 46.9 Å². The summed E-state index contributed by atoms with van der Waals surface area (Å²) in [7, 11) is 0. The third-order valence-corrected chi connectivity index (χ3v) is 6.84. The number of alkyl halides is 3. The number of fused-ring (bicyclic) bond motifs is 3. The highest BCUT2D eigenvalue weighted by atomic mass is 35.5. The highest BCUT2D eigenvalue weighted by Crippen LogP contribution is 2.34. The van der Waals surface area contributed by atoms with Crippen LogP contribution in [0, 0.1) is 0 Å². The molecule has 2 amide bonds.